The molecule has 0 spiro atoms. The van der Waals surface area contributed by atoms with Gasteiger partial charge >= 0.3 is 5.97 Å². The van der Waals surface area contributed by atoms with Crippen molar-refractivity contribution in [3.8, 4) is 17.1 Å². The van der Waals surface area contributed by atoms with Crippen LogP contribution in [0.25, 0.3) is 17.1 Å². The SMILES string of the molecule is CC(=O)OOCc1nc(-c2ccc(F)cc2F)n(-c2ccc(Cl)cc2)n1. The molecule has 2 aromatic carbocycles. The standard InChI is InChI=1S/C17H12ClF2N3O3/c1-10(24)26-25-9-16-21-17(14-7-4-12(19)8-15(14)20)23(22-16)13-5-2-11(18)3-6-13/h2-8H,9H2,1H3. The van der Waals surface area contributed by atoms with E-state index in [4.69, 9.17) is 16.5 Å². The Morgan fingerprint density at radius 2 is 1.92 bits per heavy atom. The molecule has 0 amide bonds. The highest BCUT2D eigenvalue weighted by Crippen LogP contribution is 2.25. The lowest BCUT2D eigenvalue weighted by Crippen LogP contribution is -2.03. The molecule has 26 heavy (non-hydrogen) atoms. The molecule has 3 aromatic rings. The van der Waals surface area contributed by atoms with Crippen LogP contribution in [0.4, 0.5) is 8.78 Å². The van der Waals surface area contributed by atoms with Crippen molar-refractivity contribution >= 4 is 17.6 Å². The normalized spacial score (nSPS) is 10.8. The Morgan fingerprint density at radius 1 is 1.19 bits per heavy atom. The maximum Gasteiger partial charge on any atom is 0.339 e. The predicted octanol–water partition coefficient (Wildman–Crippen LogP) is 3.86. The Kier molecular flexibility index (Phi) is 5.24. The smallest absolute Gasteiger partial charge is 0.298 e. The Hall–Kier alpha value is -2.84. The molecule has 0 fully saturated rings. The number of hydrogen-bond acceptors (Lipinski definition) is 5. The number of halogens is 3. The van der Waals surface area contributed by atoms with Crippen LogP contribution in [0, 0.1) is 11.6 Å². The van der Waals surface area contributed by atoms with Gasteiger partial charge in [0, 0.05) is 18.0 Å². The molecule has 6 nitrogen and oxygen atoms in total. The van der Waals surface area contributed by atoms with Crippen LogP contribution in [0.15, 0.2) is 42.5 Å². The molecule has 0 saturated carbocycles. The Bertz CT molecular complexity index is 945. The van der Waals surface area contributed by atoms with E-state index in [-0.39, 0.29) is 23.8 Å². The van der Waals surface area contributed by atoms with Crippen molar-refractivity contribution in [3.63, 3.8) is 0 Å². The molecule has 1 aromatic heterocycles. The number of carbonyl (C=O) groups excluding carboxylic acids is 1. The van der Waals surface area contributed by atoms with Crippen LogP contribution in [-0.2, 0) is 21.2 Å². The van der Waals surface area contributed by atoms with E-state index < -0.39 is 17.6 Å². The highest BCUT2D eigenvalue weighted by molar-refractivity contribution is 6.30. The zero-order valence-electron chi connectivity index (χ0n) is 13.4. The average molecular weight is 380 g/mol. The Labute approximate surface area is 151 Å². The summed E-state index contributed by atoms with van der Waals surface area (Å²) < 4.78 is 28.8. The van der Waals surface area contributed by atoms with Gasteiger partial charge in [-0.05, 0) is 36.4 Å². The maximum absolute atomic E-state index is 14.2. The van der Waals surface area contributed by atoms with Crippen molar-refractivity contribution in [2.24, 2.45) is 0 Å². The second-order valence-corrected chi connectivity index (χ2v) is 5.64. The Morgan fingerprint density at radius 3 is 2.58 bits per heavy atom. The molecule has 1 heterocycles. The van der Waals surface area contributed by atoms with Crippen LogP contribution in [-0.4, -0.2) is 20.7 Å². The topological polar surface area (TPSA) is 66.2 Å². The molecule has 9 heteroatoms. The van der Waals surface area contributed by atoms with E-state index in [9.17, 15) is 13.6 Å². The first-order chi connectivity index (χ1) is 12.4. The van der Waals surface area contributed by atoms with Crippen molar-refractivity contribution < 1.29 is 23.4 Å². The van der Waals surface area contributed by atoms with E-state index in [2.05, 4.69) is 15.0 Å². The summed E-state index contributed by atoms with van der Waals surface area (Å²) in [6.45, 7) is 0.940. The summed E-state index contributed by atoms with van der Waals surface area (Å²) in [6.07, 6.45) is 0. The minimum Gasteiger partial charge on any atom is -0.298 e. The molecule has 134 valence electrons. The zero-order chi connectivity index (χ0) is 18.7. The molecular formula is C17H12ClF2N3O3. The monoisotopic (exact) mass is 379 g/mol. The highest BCUT2D eigenvalue weighted by atomic mass is 35.5. The van der Waals surface area contributed by atoms with E-state index in [0.717, 1.165) is 12.1 Å². The number of carbonyl (C=O) groups is 1. The average Bonchev–Trinajstić information content (AvgIpc) is 2.99. The van der Waals surface area contributed by atoms with Crippen LogP contribution in [0.1, 0.15) is 12.7 Å². The van der Waals surface area contributed by atoms with Gasteiger partial charge in [0.05, 0.1) is 11.3 Å². The van der Waals surface area contributed by atoms with Gasteiger partial charge in [-0.1, -0.05) is 11.6 Å². The second kappa shape index (κ2) is 7.59. The summed E-state index contributed by atoms with van der Waals surface area (Å²) in [6, 6.07) is 9.74. The van der Waals surface area contributed by atoms with E-state index in [1.165, 1.54) is 17.7 Å². The quantitative estimate of drug-likeness (QED) is 0.497. The van der Waals surface area contributed by atoms with Crippen LogP contribution in [0.5, 0.6) is 0 Å². The largest absolute Gasteiger partial charge is 0.339 e. The van der Waals surface area contributed by atoms with Gasteiger partial charge in [0.2, 0.25) is 0 Å². The van der Waals surface area contributed by atoms with Gasteiger partial charge in [0.15, 0.2) is 18.3 Å². The number of benzene rings is 2. The highest BCUT2D eigenvalue weighted by Gasteiger charge is 2.18. The third kappa shape index (κ3) is 4.04. The lowest BCUT2D eigenvalue weighted by Gasteiger charge is -2.07. The van der Waals surface area contributed by atoms with Crippen molar-refractivity contribution in [1.29, 1.82) is 0 Å². The molecule has 0 atom stereocenters. The van der Waals surface area contributed by atoms with E-state index in [1.807, 2.05) is 0 Å². The lowest BCUT2D eigenvalue weighted by molar-refractivity contribution is -0.278. The minimum atomic E-state index is -0.792. The fourth-order valence-electron chi connectivity index (χ4n) is 2.19. The number of nitrogens with zero attached hydrogens (tertiary/aromatic N) is 3. The summed E-state index contributed by atoms with van der Waals surface area (Å²) in [5.41, 5.74) is 0.604. The molecule has 0 aliphatic carbocycles. The first kappa shape index (κ1) is 18.0. The molecule has 0 radical (unpaired) electrons. The second-order valence-electron chi connectivity index (χ2n) is 5.20. The van der Waals surface area contributed by atoms with Gasteiger partial charge in [-0.15, -0.1) is 5.10 Å². The van der Waals surface area contributed by atoms with Crippen LogP contribution in [0.2, 0.25) is 5.02 Å². The fraction of sp³-hybridized carbons (Fsp3) is 0.118. The minimum absolute atomic E-state index is 0.0487. The van der Waals surface area contributed by atoms with Crippen LogP contribution >= 0.6 is 11.6 Å². The summed E-state index contributed by atoms with van der Waals surface area (Å²) in [7, 11) is 0. The zero-order valence-corrected chi connectivity index (χ0v) is 14.2. The predicted molar refractivity (Wildman–Crippen MR) is 88.3 cm³/mol. The first-order valence-electron chi connectivity index (χ1n) is 7.41. The number of aromatic nitrogens is 3. The summed E-state index contributed by atoms with van der Waals surface area (Å²) in [5.74, 6) is -1.86. The van der Waals surface area contributed by atoms with Crippen LogP contribution < -0.4 is 0 Å². The van der Waals surface area contributed by atoms with Gasteiger partial charge in [-0.2, -0.15) is 4.89 Å². The summed E-state index contributed by atoms with van der Waals surface area (Å²) in [5, 5.41) is 4.75. The third-order valence-electron chi connectivity index (χ3n) is 3.26. The molecule has 0 aliphatic heterocycles. The van der Waals surface area contributed by atoms with Gasteiger partial charge in [0.1, 0.15) is 11.6 Å². The fourth-order valence-corrected chi connectivity index (χ4v) is 2.31. The Balaban J connectivity index is 2.03. The van der Waals surface area contributed by atoms with Crippen molar-refractivity contribution in [2.75, 3.05) is 0 Å². The summed E-state index contributed by atoms with van der Waals surface area (Å²) >= 11 is 5.89. The molecular weight excluding hydrogens is 368 g/mol. The molecule has 0 bridgehead atoms. The van der Waals surface area contributed by atoms with E-state index in [1.54, 1.807) is 24.3 Å². The van der Waals surface area contributed by atoms with Crippen molar-refractivity contribution in [1.82, 2.24) is 14.8 Å². The molecule has 0 unspecified atom stereocenters. The van der Waals surface area contributed by atoms with Crippen LogP contribution in [0.3, 0.4) is 0 Å². The van der Waals surface area contributed by atoms with Gasteiger partial charge in [-0.3, -0.25) is 4.89 Å². The lowest BCUT2D eigenvalue weighted by atomic mass is 10.2. The van der Waals surface area contributed by atoms with Gasteiger partial charge in [-0.25, -0.2) is 23.2 Å². The number of rotatable bonds is 5. The summed E-state index contributed by atoms with van der Waals surface area (Å²) in [4.78, 5) is 24.1. The van der Waals surface area contributed by atoms with Crippen molar-refractivity contribution in [2.45, 2.75) is 13.5 Å². The van der Waals surface area contributed by atoms with E-state index in [0.29, 0.717) is 10.7 Å². The molecule has 0 aliphatic rings. The molecule has 3 rings (SSSR count). The third-order valence-corrected chi connectivity index (χ3v) is 3.51. The molecule has 0 saturated heterocycles. The number of hydrogen-bond donors (Lipinski definition) is 0. The van der Waals surface area contributed by atoms with Crippen molar-refractivity contribution in [3.05, 3.63) is 64.9 Å². The first-order valence-corrected chi connectivity index (χ1v) is 7.79. The maximum atomic E-state index is 14.2. The van der Waals surface area contributed by atoms with Gasteiger partial charge in [0.25, 0.3) is 0 Å². The molecule has 0 N–H and O–H groups in total. The van der Waals surface area contributed by atoms with E-state index >= 15 is 0 Å². The van der Waals surface area contributed by atoms with Gasteiger partial charge < -0.3 is 0 Å².